The molecule has 0 aliphatic carbocycles. The van der Waals surface area contributed by atoms with Crippen molar-refractivity contribution in [3.05, 3.63) is 23.9 Å². The van der Waals surface area contributed by atoms with Crippen LogP contribution in [0.2, 0.25) is 0 Å². The van der Waals surface area contributed by atoms with Gasteiger partial charge in [0, 0.05) is 29.6 Å². The predicted octanol–water partition coefficient (Wildman–Crippen LogP) is 2.02. The van der Waals surface area contributed by atoms with E-state index in [0.29, 0.717) is 0 Å². The Labute approximate surface area is 123 Å². The molecule has 1 aliphatic heterocycles. The molecule has 1 aromatic rings. The van der Waals surface area contributed by atoms with Crippen molar-refractivity contribution in [3.8, 4) is 0 Å². The Morgan fingerprint density at radius 1 is 1.38 bits per heavy atom. The van der Waals surface area contributed by atoms with Crippen LogP contribution in [0.25, 0.3) is 0 Å². The van der Waals surface area contributed by atoms with E-state index in [1.54, 1.807) is 0 Å². The van der Waals surface area contributed by atoms with E-state index in [0.717, 1.165) is 17.0 Å². The second kappa shape index (κ2) is 5.45. The molecule has 2 rings (SSSR count). The standard InChI is InChI=1S/C11H10ClF3N2O3S/c12-21(19,20)6-7-4-10(18)17(5-7)9-3-1-2-8(16-9)11(13,14)15/h1-3,7H,4-6H2. The Hall–Kier alpha value is -1.35. The minimum atomic E-state index is -4.61. The van der Waals surface area contributed by atoms with Crippen molar-refractivity contribution in [3.63, 3.8) is 0 Å². The van der Waals surface area contributed by atoms with Gasteiger partial charge < -0.3 is 0 Å². The highest BCUT2D eigenvalue weighted by Crippen LogP contribution is 2.31. The van der Waals surface area contributed by atoms with Crippen molar-refractivity contribution in [2.24, 2.45) is 5.92 Å². The molecule has 1 unspecified atom stereocenters. The van der Waals surface area contributed by atoms with Crippen molar-refractivity contribution >= 4 is 31.5 Å². The molecule has 0 bridgehead atoms. The quantitative estimate of drug-likeness (QED) is 0.788. The monoisotopic (exact) mass is 342 g/mol. The Morgan fingerprint density at radius 2 is 2.05 bits per heavy atom. The third kappa shape index (κ3) is 4.07. The molecule has 1 amide bonds. The molecule has 5 nitrogen and oxygen atoms in total. The summed E-state index contributed by atoms with van der Waals surface area (Å²) in [5.74, 6) is -1.59. The highest BCUT2D eigenvalue weighted by molar-refractivity contribution is 8.13. The maximum atomic E-state index is 12.6. The summed E-state index contributed by atoms with van der Waals surface area (Å²) in [6.45, 7) is -0.0287. The van der Waals surface area contributed by atoms with Gasteiger partial charge in [-0.2, -0.15) is 13.2 Å². The maximum Gasteiger partial charge on any atom is 0.433 e. The fourth-order valence-electron chi connectivity index (χ4n) is 2.13. The summed E-state index contributed by atoms with van der Waals surface area (Å²) in [5.41, 5.74) is -1.11. The van der Waals surface area contributed by atoms with E-state index in [-0.39, 0.29) is 18.8 Å². The molecule has 1 aromatic heterocycles. The Morgan fingerprint density at radius 3 is 2.62 bits per heavy atom. The molecular formula is C11H10ClF3N2O3S. The summed E-state index contributed by atoms with van der Waals surface area (Å²) in [4.78, 5) is 16.2. The highest BCUT2D eigenvalue weighted by Gasteiger charge is 2.36. The molecule has 0 N–H and O–H groups in total. The number of nitrogens with zero attached hydrogens (tertiary/aromatic N) is 2. The van der Waals surface area contributed by atoms with Crippen molar-refractivity contribution in [2.75, 3.05) is 17.2 Å². The number of alkyl halides is 3. The van der Waals surface area contributed by atoms with Gasteiger partial charge in [0.15, 0.2) is 0 Å². The van der Waals surface area contributed by atoms with Gasteiger partial charge in [-0.15, -0.1) is 0 Å². The molecule has 0 saturated carbocycles. The van der Waals surface area contributed by atoms with E-state index in [4.69, 9.17) is 10.7 Å². The maximum absolute atomic E-state index is 12.6. The zero-order valence-corrected chi connectivity index (χ0v) is 12.0. The third-order valence-corrected chi connectivity index (χ3v) is 4.19. The van der Waals surface area contributed by atoms with E-state index >= 15 is 0 Å². The van der Waals surface area contributed by atoms with Crippen LogP contribution in [0.3, 0.4) is 0 Å². The molecule has 0 aromatic carbocycles. The van der Waals surface area contributed by atoms with Crippen LogP contribution in [0.4, 0.5) is 19.0 Å². The molecule has 21 heavy (non-hydrogen) atoms. The number of amides is 1. The average Bonchev–Trinajstić information content (AvgIpc) is 2.67. The van der Waals surface area contributed by atoms with E-state index in [9.17, 15) is 26.4 Å². The molecule has 0 spiro atoms. The fraction of sp³-hybridized carbons (Fsp3) is 0.455. The van der Waals surface area contributed by atoms with Crippen LogP contribution in [0, 0.1) is 5.92 Å². The molecule has 1 saturated heterocycles. The molecule has 1 aliphatic rings. The Balaban J connectivity index is 2.21. The lowest BCUT2D eigenvalue weighted by Gasteiger charge is -2.16. The van der Waals surface area contributed by atoms with Gasteiger partial charge in [0.05, 0.1) is 5.75 Å². The SMILES string of the molecule is O=C1CC(CS(=O)(=O)Cl)CN1c1cccc(C(F)(F)F)n1. The minimum absolute atomic E-state index is 0.0287. The van der Waals surface area contributed by atoms with Gasteiger partial charge in [-0.1, -0.05) is 6.07 Å². The number of carbonyl (C=O) groups excluding carboxylic acids is 1. The summed E-state index contributed by atoms with van der Waals surface area (Å²) in [5, 5.41) is 0. The van der Waals surface area contributed by atoms with Gasteiger partial charge in [0.25, 0.3) is 0 Å². The summed E-state index contributed by atoms with van der Waals surface area (Å²) in [6, 6.07) is 3.21. The Bertz CT molecular complexity index is 663. The number of hydrogen-bond acceptors (Lipinski definition) is 4. The molecule has 10 heteroatoms. The zero-order valence-electron chi connectivity index (χ0n) is 10.5. The fourth-order valence-corrected chi connectivity index (χ4v) is 3.45. The third-order valence-electron chi connectivity index (χ3n) is 2.94. The van der Waals surface area contributed by atoms with Crippen LogP contribution in [-0.2, 0) is 20.0 Å². The predicted molar refractivity (Wildman–Crippen MR) is 69.3 cm³/mol. The van der Waals surface area contributed by atoms with Gasteiger partial charge >= 0.3 is 6.18 Å². The number of aromatic nitrogens is 1. The van der Waals surface area contributed by atoms with Crippen molar-refractivity contribution in [1.29, 1.82) is 0 Å². The van der Waals surface area contributed by atoms with Crippen molar-refractivity contribution in [1.82, 2.24) is 4.98 Å². The number of hydrogen-bond donors (Lipinski definition) is 0. The van der Waals surface area contributed by atoms with Gasteiger partial charge in [-0.05, 0) is 12.1 Å². The second-order valence-corrected chi connectivity index (χ2v) is 7.48. The average molecular weight is 343 g/mol. The molecule has 116 valence electrons. The molecule has 0 radical (unpaired) electrons. The number of carbonyl (C=O) groups is 1. The number of pyridine rings is 1. The molecular weight excluding hydrogens is 333 g/mol. The van der Waals surface area contributed by atoms with E-state index in [2.05, 4.69) is 4.98 Å². The van der Waals surface area contributed by atoms with Crippen LogP contribution in [-0.4, -0.2) is 31.6 Å². The first-order chi connectivity index (χ1) is 9.56. The number of halogens is 4. The number of anilines is 1. The van der Waals surface area contributed by atoms with Crippen LogP contribution >= 0.6 is 10.7 Å². The zero-order chi connectivity index (χ0) is 15.8. The van der Waals surface area contributed by atoms with Crippen molar-refractivity contribution in [2.45, 2.75) is 12.6 Å². The van der Waals surface area contributed by atoms with Crippen LogP contribution in [0.15, 0.2) is 18.2 Å². The lowest BCUT2D eigenvalue weighted by Crippen LogP contribution is -2.27. The first-order valence-electron chi connectivity index (χ1n) is 5.83. The largest absolute Gasteiger partial charge is 0.433 e. The summed E-state index contributed by atoms with van der Waals surface area (Å²) >= 11 is 0. The lowest BCUT2D eigenvalue weighted by molar-refractivity contribution is -0.141. The number of rotatable bonds is 3. The van der Waals surface area contributed by atoms with E-state index < -0.39 is 38.5 Å². The van der Waals surface area contributed by atoms with E-state index in [1.165, 1.54) is 6.07 Å². The first-order valence-corrected chi connectivity index (χ1v) is 8.31. The second-order valence-electron chi connectivity index (χ2n) is 4.66. The smallest absolute Gasteiger partial charge is 0.296 e. The van der Waals surface area contributed by atoms with E-state index in [1.807, 2.05) is 0 Å². The van der Waals surface area contributed by atoms with Gasteiger partial charge in [0.1, 0.15) is 11.5 Å². The van der Waals surface area contributed by atoms with Gasteiger partial charge in [-0.25, -0.2) is 13.4 Å². The van der Waals surface area contributed by atoms with Crippen molar-refractivity contribution < 1.29 is 26.4 Å². The Kier molecular flexibility index (Phi) is 4.16. The van der Waals surface area contributed by atoms with Crippen LogP contribution < -0.4 is 4.90 Å². The highest BCUT2D eigenvalue weighted by atomic mass is 35.7. The molecule has 1 fully saturated rings. The van der Waals surface area contributed by atoms with Gasteiger partial charge in [0.2, 0.25) is 15.0 Å². The lowest BCUT2D eigenvalue weighted by atomic mass is 10.1. The first kappa shape index (κ1) is 16.0. The molecule has 2 heterocycles. The minimum Gasteiger partial charge on any atom is -0.296 e. The topological polar surface area (TPSA) is 67.3 Å². The summed E-state index contributed by atoms with van der Waals surface area (Å²) < 4.78 is 59.8. The summed E-state index contributed by atoms with van der Waals surface area (Å²) in [6.07, 6.45) is -4.71. The summed E-state index contributed by atoms with van der Waals surface area (Å²) in [7, 11) is 1.34. The van der Waals surface area contributed by atoms with Crippen LogP contribution in [0.1, 0.15) is 12.1 Å². The normalized spacial score (nSPS) is 20.1. The van der Waals surface area contributed by atoms with Gasteiger partial charge in [-0.3, -0.25) is 9.69 Å². The van der Waals surface area contributed by atoms with Crippen LogP contribution in [0.5, 0.6) is 0 Å². The molecule has 1 atom stereocenters.